The second-order valence-corrected chi connectivity index (χ2v) is 9.53. The Hall–Kier alpha value is -4.81. The van der Waals surface area contributed by atoms with Gasteiger partial charge < -0.3 is 53.6 Å². The van der Waals surface area contributed by atoms with Crippen molar-refractivity contribution in [1.29, 1.82) is 0 Å². The monoisotopic (exact) mass is 600 g/mol. The zero-order valence-electron chi connectivity index (χ0n) is 22.8. The predicted molar refractivity (Wildman–Crippen MR) is 139 cm³/mol. The van der Waals surface area contributed by atoms with Crippen molar-refractivity contribution >= 4 is 53.3 Å². The van der Waals surface area contributed by atoms with Gasteiger partial charge in [-0.15, -0.1) is 0 Å². The normalized spacial score (nSPS) is 17.1. The number of carbonyl (C=O) groups is 9. The third kappa shape index (κ3) is 11.7. The van der Waals surface area contributed by atoms with Crippen LogP contribution in [0.15, 0.2) is 0 Å². The molecule has 7 amide bonds. The second-order valence-electron chi connectivity index (χ2n) is 9.53. The van der Waals surface area contributed by atoms with Crippen LogP contribution in [-0.2, 0) is 43.2 Å². The summed E-state index contributed by atoms with van der Waals surface area (Å²) in [6.45, 7) is 0.732. The average molecular weight is 601 g/mol. The van der Waals surface area contributed by atoms with Gasteiger partial charge in [0, 0.05) is 13.0 Å². The van der Waals surface area contributed by atoms with E-state index in [-0.39, 0.29) is 19.4 Å². The van der Waals surface area contributed by atoms with Gasteiger partial charge in [0.15, 0.2) is 0 Å². The van der Waals surface area contributed by atoms with Crippen molar-refractivity contribution in [3.05, 3.63) is 0 Å². The summed E-state index contributed by atoms with van der Waals surface area (Å²) in [5.41, 5.74) is 15.9. The number of carboxylic acid groups (broad SMARTS) is 2. The molecule has 1 fully saturated rings. The molecule has 19 nitrogen and oxygen atoms in total. The van der Waals surface area contributed by atoms with Crippen molar-refractivity contribution in [1.82, 2.24) is 26.2 Å². The molecule has 0 aromatic heterocycles. The van der Waals surface area contributed by atoms with Crippen LogP contribution in [-0.4, -0.2) is 112 Å². The Kier molecular flexibility index (Phi) is 13.8. The number of amides is 7. The van der Waals surface area contributed by atoms with Crippen molar-refractivity contribution in [3.8, 4) is 0 Å². The molecule has 0 aromatic rings. The summed E-state index contributed by atoms with van der Waals surface area (Å²) in [7, 11) is 0. The first-order valence-corrected chi connectivity index (χ1v) is 12.8. The largest absolute Gasteiger partial charge is 0.481 e. The lowest BCUT2D eigenvalue weighted by molar-refractivity contribution is -0.148. The minimum Gasteiger partial charge on any atom is -0.481 e. The molecule has 42 heavy (non-hydrogen) atoms. The van der Waals surface area contributed by atoms with Crippen molar-refractivity contribution in [2.24, 2.45) is 17.2 Å². The van der Waals surface area contributed by atoms with Crippen LogP contribution >= 0.6 is 0 Å². The number of primary amides is 2. The van der Waals surface area contributed by atoms with E-state index in [9.17, 15) is 48.3 Å². The van der Waals surface area contributed by atoms with Gasteiger partial charge in [-0.2, -0.15) is 0 Å². The van der Waals surface area contributed by atoms with E-state index in [0.29, 0.717) is 6.42 Å². The molecular formula is C23H36N8O11. The van der Waals surface area contributed by atoms with Crippen LogP contribution in [0.3, 0.4) is 0 Å². The lowest BCUT2D eigenvalue weighted by Crippen LogP contribution is -2.58. The SMILES string of the molecule is C[C@H](NC(=O)[C@H](CC(N)=O)NC(=O)[C@@H](N)CCC(=O)O)C(=O)N[C@@H](CC(N)=O)C(=O)NCC(=O)N1CCC[C@H]1C(=O)O. The Balaban J connectivity index is 2.82. The maximum absolute atomic E-state index is 12.7. The van der Waals surface area contributed by atoms with Crippen LogP contribution in [0.1, 0.15) is 45.4 Å². The van der Waals surface area contributed by atoms with Gasteiger partial charge in [-0.05, 0) is 26.2 Å². The molecule has 1 rings (SSSR count). The lowest BCUT2D eigenvalue weighted by atomic mass is 10.1. The van der Waals surface area contributed by atoms with Gasteiger partial charge in [0.25, 0.3) is 0 Å². The van der Waals surface area contributed by atoms with Gasteiger partial charge in [-0.3, -0.25) is 38.4 Å². The van der Waals surface area contributed by atoms with Crippen molar-refractivity contribution in [2.45, 2.75) is 75.7 Å². The van der Waals surface area contributed by atoms with Crippen molar-refractivity contribution in [3.63, 3.8) is 0 Å². The topological polar surface area (TPSA) is 324 Å². The van der Waals surface area contributed by atoms with Gasteiger partial charge >= 0.3 is 11.9 Å². The highest BCUT2D eigenvalue weighted by atomic mass is 16.4. The zero-order valence-corrected chi connectivity index (χ0v) is 22.8. The zero-order chi connectivity index (χ0) is 32.1. The number of carboxylic acids is 2. The third-order valence-electron chi connectivity index (χ3n) is 6.11. The Labute approximate surface area is 239 Å². The maximum Gasteiger partial charge on any atom is 0.326 e. The molecule has 1 aliphatic rings. The second kappa shape index (κ2) is 16.5. The molecule has 0 bridgehead atoms. The number of likely N-dealkylation sites (tertiary alicyclic amines) is 1. The number of hydrogen-bond acceptors (Lipinski definition) is 10. The Bertz CT molecular complexity index is 1100. The summed E-state index contributed by atoms with van der Waals surface area (Å²) in [5, 5.41) is 26.7. The molecule has 0 unspecified atom stereocenters. The minimum atomic E-state index is -1.59. The van der Waals surface area contributed by atoms with Crippen LogP contribution in [0.5, 0.6) is 0 Å². The predicted octanol–water partition coefficient (Wildman–Crippen LogP) is -5.40. The van der Waals surface area contributed by atoms with Crippen LogP contribution < -0.4 is 38.5 Å². The maximum atomic E-state index is 12.7. The number of nitrogens with one attached hydrogen (secondary N) is 4. The Morgan fingerprint density at radius 3 is 1.90 bits per heavy atom. The summed E-state index contributed by atoms with van der Waals surface area (Å²) in [6, 6.07) is -6.94. The first-order valence-electron chi connectivity index (χ1n) is 12.8. The Morgan fingerprint density at radius 1 is 0.833 bits per heavy atom. The first kappa shape index (κ1) is 35.2. The highest BCUT2D eigenvalue weighted by Gasteiger charge is 2.35. The lowest BCUT2D eigenvalue weighted by Gasteiger charge is -2.24. The molecule has 0 aliphatic carbocycles. The molecule has 1 heterocycles. The summed E-state index contributed by atoms with van der Waals surface area (Å²) >= 11 is 0. The number of hydrogen-bond donors (Lipinski definition) is 9. The van der Waals surface area contributed by atoms with Gasteiger partial charge in [0.05, 0.1) is 25.4 Å². The van der Waals surface area contributed by atoms with Gasteiger partial charge in [-0.1, -0.05) is 0 Å². The molecule has 5 atom stereocenters. The quantitative estimate of drug-likeness (QED) is 0.0755. The van der Waals surface area contributed by atoms with E-state index in [1.54, 1.807) is 0 Å². The number of carbonyl (C=O) groups excluding carboxylic acids is 7. The highest BCUT2D eigenvalue weighted by Crippen LogP contribution is 2.17. The molecule has 1 aliphatic heterocycles. The third-order valence-corrected chi connectivity index (χ3v) is 6.11. The van der Waals surface area contributed by atoms with E-state index in [0.717, 1.165) is 4.90 Å². The van der Waals surface area contributed by atoms with Crippen LogP contribution in [0.2, 0.25) is 0 Å². The van der Waals surface area contributed by atoms with Crippen LogP contribution in [0, 0.1) is 0 Å². The fourth-order valence-corrected chi connectivity index (χ4v) is 3.90. The summed E-state index contributed by atoms with van der Waals surface area (Å²) in [4.78, 5) is 109. The van der Waals surface area contributed by atoms with Crippen molar-refractivity contribution in [2.75, 3.05) is 13.1 Å². The van der Waals surface area contributed by atoms with Crippen LogP contribution in [0.4, 0.5) is 0 Å². The van der Waals surface area contributed by atoms with Crippen molar-refractivity contribution < 1.29 is 53.4 Å². The van der Waals surface area contributed by atoms with Gasteiger partial charge in [0.1, 0.15) is 24.2 Å². The standard InChI is InChI=1S/C23H36N8O11/c1-10(28-22(40)13(8-16(26)33)30-20(38)11(24)4-5-18(35)36)19(37)29-12(7-15(25)32)21(39)27-9-17(34)31-6-2-3-14(31)23(41)42/h10-14H,2-9,24H2,1H3,(H2,25,32)(H2,26,33)(H,27,39)(H,28,40)(H,29,37)(H,30,38)(H,35,36)(H,41,42)/t10-,11-,12-,13-,14-/m0/s1. The number of nitrogens with two attached hydrogens (primary N) is 3. The number of aliphatic carboxylic acids is 2. The van der Waals surface area contributed by atoms with E-state index in [2.05, 4.69) is 21.3 Å². The molecule has 19 heteroatoms. The average Bonchev–Trinajstić information content (AvgIpc) is 3.39. The molecule has 1 saturated heterocycles. The fourth-order valence-electron chi connectivity index (χ4n) is 3.90. The summed E-state index contributed by atoms with van der Waals surface area (Å²) < 4.78 is 0. The first-order chi connectivity index (χ1) is 19.5. The molecule has 0 radical (unpaired) electrons. The number of nitrogens with zero attached hydrogens (tertiary/aromatic N) is 1. The highest BCUT2D eigenvalue weighted by molar-refractivity contribution is 5.98. The summed E-state index contributed by atoms with van der Waals surface area (Å²) in [5.74, 6) is -9.07. The van der Waals surface area contributed by atoms with E-state index in [1.807, 2.05) is 0 Å². The molecule has 234 valence electrons. The van der Waals surface area contributed by atoms with E-state index >= 15 is 0 Å². The number of rotatable bonds is 17. The van der Waals surface area contributed by atoms with E-state index in [1.165, 1.54) is 6.92 Å². The van der Waals surface area contributed by atoms with Gasteiger partial charge in [-0.25, -0.2) is 4.79 Å². The fraction of sp³-hybridized carbons (Fsp3) is 0.609. The van der Waals surface area contributed by atoms with E-state index < -0.39 is 109 Å². The Morgan fingerprint density at radius 2 is 1.38 bits per heavy atom. The smallest absolute Gasteiger partial charge is 0.326 e. The summed E-state index contributed by atoms with van der Waals surface area (Å²) in [6.07, 6.45) is -1.38. The molecule has 12 N–H and O–H groups in total. The van der Waals surface area contributed by atoms with Crippen LogP contribution in [0.25, 0.3) is 0 Å². The van der Waals surface area contributed by atoms with Gasteiger partial charge in [0.2, 0.25) is 41.4 Å². The molecule has 0 spiro atoms. The molecule has 0 saturated carbocycles. The van der Waals surface area contributed by atoms with E-state index in [4.69, 9.17) is 22.3 Å². The minimum absolute atomic E-state index is 0.176. The molecule has 0 aromatic carbocycles. The molecular weight excluding hydrogens is 564 g/mol.